The molecule has 0 atom stereocenters. The number of para-hydroxylation sites is 2. The standard InChI is InChI=1S/C16H11N3O/c17-10-13-15(20)12-8-4-5-9-14(12)19(16(13)18)11-6-2-1-3-7-11/h1-9H,18H2. The first-order valence-corrected chi connectivity index (χ1v) is 6.13. The van der Waals surface area contributed by atoms with Crippen molar-refractivity contribution in [1.82, 2.24) is 4.57 Å². The molecule has 0 unspecified atom stereocenters. The van der Waals surface area contributed by atoms with Crippen LogP contribution in [0.5, 0.6) is 0 Å². The van der Waals surface area contributed by atoms with Gasteiger partial charge >= 0.3 is 0 Å². The van der Waals surface area contributed by atoms with Crippen LogP contribution in [0.4, 0.5) is 5.82 Å². The molecule has 3 rings (SSSR count). The van der Waals surface area contributed by atoms with Crippen molar-refractivity contribution in [2.45, 2.75) is 0 Å². The molecule has 0 aliphatic carbocycles. The van der Waals surface area contributed by atoms with Crippen LogP contribution in [0.15, 0.2) is 59.4 Å². The highest BCUT2D eigenvalue weighted by molar-refractivity contribution is 5.85. The maximum Gasteiger partial charge on any atom is 0.209 e. The van der Waals surface area contributed by atoms with Gasteiger partial charge in [-0.2, -0.15) is 5.26 Å². The average Bonchev–Trinajstić information content (AvgIpc) is 2.49. The quantitative estimate of drug-likeness (QED) is 0.731. The van der Waals surface area contributed by atoms with Crippen LogP contribution >= 0.6 is 0 Å². The lowest BCUT2D eigenvalue weighted by Gasteiger charge is -2.15. The molecule has 0 radical (unpaired) electrons. The van der Waals surface area contributed by atoms with Gasteiger partial charge < -0.3 is 5.73 Å². The van der Waals surface area contributed by atoms with Gasteiger partial charge in [-0.15, -0.1) is 0 Å². The van der Waals surface area contributed by atoms with Crippen molar-refractivity contribution < 1.29 is 0 Å². The topological polar surface area (TPSA) is 71.8 Å². The minimum atomic E-state index is -0.326. The minimum absolute atomic E-state index is 0.0208. The van der Waals surface area contributed by atoms with Crippen LogP contribution in [-0.4, -0.2) is 4.57 Å². The molecule has 0 saturated heterocycles. The zero-order chi connectivity index (χ0) is 14.1. The van der Waals surface area contributed by atoms with Crippen molar-refractivity contribution in [2.75, 3.05) is 5.73 Å². The van der Waals surface area contributed by atoms with Gasteiger partial charge in [0.05, 0.1) is 5.52 Å². The SMILES string of the molecule is N#Cc1c(N)n(-c2ccccc2)c2ccccc2c1=O. The second-order valence-electron chi connectivity index (χ2n) is 4.39. The Hall–Kier alpha value is -3.06. The van der Waals surface area contributed by atoms with Crippen LogP contribution < -0.4 is 11.2 Å². The van der Waals surface area contributed by atoms with Gasteiger partial charge in [-0.3, -0.25) is 9.36 Å². The number of nitrogen functional groups attached to an aromatic ring is 1. The van der Waals surface area contributed by atoms with Crippen molar-refractivity contribution in [3.63, 3.8) is 0 Å². The molecule has 0 aliphatic rings. The summed E-state index contributed by atoms with van der Waals surface area (Å²) in [6, 6.07) is 18.5. The molecule has 0 bridgehead atoms. The van der Waals surface area contributed by atoms with E-state index in [1.54, 1.807) is 16.7 Å². The van der Waals surface area contributed by atoms with Gasteiger partial charge in [0.25, 0.3) is 0 Å². The lowest BCUT2D eigenvalue weighted by molar-refractivity contribution is 1.11. The fraction of sp³-hybridized carbons (Fsp3) is 0. The summed E-state index contributed by atoms with van der Waals surface area (Å²) in [6.45, 7) is 0. The number of pyridine rings is 1. The maximum absolute atomic E-state index is 12.2. The highest BCUT2D eigenvalue weighted by Gasteiger charge is 2.15. The summed E-state index contributed by atoms with van der Waals surface area (Å²) < 4.78 is 1.73. The Balaban J connectivity index is 2.55. The third-order valence-electron chi connectivity index (χ3n) is 3.24. The highest BCUT2D eigenvalue weighted by Crippen LogP contribution is 2.22. The van der Waals surface area contributed by atoms with E-state index in [-0.39, 0.29) is 16.8 Å². The largest absolute Gasteiger partial charge is 0.384 e. The molecule has 2 N–H and O–H groups in total. The molecule has 96 valence electrons. The predicted molar refractivity (Wildman–Crippen MR) is 78.7 cm³/mol. The van der Waals surface area contributed by atoms with Crippen LogP contribution in [0.25, 0.3) is 16.6 Å². The van der Waals surface area contributed by atoms with Crippen LogP contribution in [0.2, 0.25) is 0 Å². The number of nitrogens with zero attached hydrogens (tertiary/aromatic N) is 2. The molecule has 0 fully saturated rings. The number of benzene rings is 2. The summed E-state index contributed by atoms with van der Waals surface area (Å²) in [4.78, 5) is 12.2. The van der Waals surface area contributed by atoms with Gasteiger partial charge in [0, 0.05) is 11.1 Å². The second kappa shape index (κ2) is 4.56. The van der Waals surface area contributed by atoms with Crippen LogP contribution in [0.3, 0.4) is 0 Å². The van der Waals surface area contributed by atoms with Crippen molar-refractivity contribution in [1.29, 1.82) is 5.26 Å². The van der Waals surface area contributed by atoms with E-state index in [2.05, 4.69) is 0 Å². The van der Waals surface area contributed by atoms with Gasteiger partial charge in [-0.1, -0.05) is 30.3 Å². The van der Waals surface area contributed by atoms with Gasteiger partial charge in [0.15, 0.2) is 0 Å². The van der Waals surface area contributed by atoms with Gasteiger partial charge in [-0.05, 0) is 24.3 Å². The van der Waals surface area contributed by atoms with Gasteiger partial charge in [0.1, 0.15) is 17.5 Å². The number of fused-ring (bicyclic) bond motifs is 1. The normalized spacial score (nSPS) is 10.3. The molecule has 0 aliphatic heterocycles. The van der Waals surface area contributed by atoms with E-state index >= 15 is 0 Å². The Morgan fingerprint density at radius 2 is 1.65 bits per heavy atom. The van der Waals surface area contributed by atoms with E-state index in [4.69, 9.17) is 5.73 Å². The number of hydrogen-bond acceptors (Lipinski definition) is 3. The molecule has 1 aromatic heterocycles. The average molecular weight is 261 g/mol. The number of rotatable bonds is 1. The molecular formula is C16H11N3O. The Labute approximate surface area is 115 Å². The van der Waals surface area contributed by atoms with E-state index in [0.29, 0.717) is 10.9 Å². The number of anilines is 1. The molecule has 2 aromatic carbocycles. The smallest absolute Gasteiger partial charge is 0.209 e. The van der Waals surface area contributed by atoms with Crippen molar-refractivity contribution in [3.8, 4) is 11.8 Å². The molecule has 4 nitrogen and oxygen atoms in total. The second-order valence-corrected chi connectivity index (χ2v) is 4.39. The Morgan fingerprint density at radius 3 is 2.35 bits per heavy atom. The van der Waals surface area contributed by atoms with E-state index < -0.39 is 0 Å². The predicted octanol–water partition coefficient (Wildman–Crippen LogP) is 2.44. The number of nitriles is 1. The Morgan fingerprint density at radius 1 is 1.00 bits per heavy atom. The van der Waals surface area contributed by atoms with E-state index in [1.807, 2.05) is 48.5 Å². The molecule has 1 heterocycles. The van der Waals surface area contributed by atoms with E-state index in [1.165, 1.54) is 0 Å². The third kappa shape index (κ3) is 1.65. The number of aromatic nitrogens is 1. The molecule has 0 saturated carbocycles. The first-order chi connectivity index (χ1) is 9.74. The van der Waals surface area contributed by atoms with Crippen LogP contribution in [-0.2, 0) is 0 Å². The van der Waals surface area contributed by atoms with Gasteiger partial charge in [0.2, 0.25) is 5.43 Å². The highest BCUT2D eigenvalue weighted by atomic mass is 16.1. The van der Waals surface area contributed by atoms with Gasteiger partial charge in [-0.25, -0.2) is 0 Å². The van der Waals surface area contributed by atoms with Crippen molar-refractivity contribution in [2.24, 2.45) is 0 Å². The summed E-state index contributed by atoms with van der Waals surface area (Å²) in [7, 11) is 0. The monoisotopic (exact) mass is 261 g/mol. The molecule has 0 amide bonds. The summed E-state index contributed by atoms with van der Waals surface area (Å²) >= 11 is 0. The van der Waals surface area contributed by atoms with Crippen LogP contribution in [0, 0.1) is 11.3 Å². The zero-order valence-corrected chi connectivity index (χ0v) is 10.6. The van der Waals surface area contributed by atoms with E-state index in [0.717, 1.165) is 5.69 Å². The fourth-order valence-corrected chi connectivity index (χ4v) is 2.32. The lowest BCUT2D eigenvalue weighted by Crippen LogP contribution is -2.17. The molecular weight excluding hydrogens is 250 g/mol. The fourth-order valence-electron chi connectivity index (χ4n) is 2.32. The summed E-state index contributed by atoms with van der Waals surface area (Å²) in [5.41, 5.74) is 7.20. The molecule has 0 spiro atoms. The Bertz CT molecular complexity index is 889. The zero-order valence-electron chi connectivity index (χ0n) is 10.6. The Kier molecular flexibility index (Phi) is 2.73. The lowest BCUT2D eigenvalue weighted by atomic mass is 10.1. The molecule has 4 heteroatoms. The summed E-state index contributed by atoms with van der Waals surface area (Å²) in [5, 5.41) is 9.67. The number of hydrogen-bond donors (Lipinski definition) is 1. The first-order valence-electron chi connectivity index (χ1n) is 6.13. The van der Waals surface area contributed by atoms with Crippen molar-refractivity contribution in [3.05, 3.63) is 70.4 Å². The van der Waals surface area contributed by atoms with Crippen molar-refractivity contribution >= 4 is 16.7 Å². The minimum Gasteiger partial charge on any atom is -0.384 e. The first kappa shape index (κ1) is 12.0. The third-order valence-corrected chi connectivity index (χ3v) is 3.24. The van der Waals surface area contributed by atoms with E-state index in [9.17, 15) is 10.1 Å². The molecule has 20 heavy (non-hydrogen) atoms. The van der Waals surface area contributed by atoms with Crippen LogP contribution in [0.1, 0.15) is 5.56 Å². The number of nitrogens with two attached hydrogens (primary N) is 1. The summed E-state index contributed by atoms with van der Waals surface area (Å²) in [6.07, 6.45) is 0. The summed E-state index contributed by atoms with van der Waals surface area (Å²) in [5.74, 6) is 0.169. The molecule has 3 aromatic rings. The maximum atomic E-state index is 12.2.